The largest absolute Gasteiger partial charge is 0.478 e. The number of carbonyl (C=O) groups is 2. The van der Waals surface area contributed by atoms with Gasteiger partial charge in [-0.3, -0.25) is 4.79 Å². The molecule has 5 N–H and O–H groups in total. The molecular weight excluding hydrogens is 262 g/mol. The summed E-state index contributed by atoms with van der Waals surface area (Å²) in [6.45, 7) is 0. The summed E-state index contributed by atoms with van der Waals surface area (Å²) in [4.78, 5) is 22.1. The Hall–Kier alpha value is -2.44. The second-order valence-corrected chi connectivity index (χ2v) is 4.35. The monoisotopic (exact) mass is 275 g/mol. The lowest BCUT2D eigenvalue weighted by molar-refractivity contribution is -0.131. The molecule has 0 saturated carbocycles. The number of carbonyl (C=O) groups excluding carboxylic acids is 1. The number of amides is 1. The van der Waals surface area contributed by atoms with Gasteiger partial charge in [-0.15, -0.1) is 0 Å². The number of aliphatic hydroxyl groups is 2. The van der Waals surface area contributed by atoms with E-state index in [1.165, 1.54) is 18.2 Å². The molecule has 1 amide bonds. The second-order valence-electron chi connectivity index (χ2n) is 4.35. The van der Waals surface area contributed by atoms with Crippen LogP contribution in [-0.2, 0) is 4.79 Å². The van der Waals surface area contributed by atoms with E-state index in [4.69, 9.17) is 10.8 Å². The number of primary amides is 1. The van der Waals surface area contributed by atoms with Gasteiger partial charge in [0, 0.05) is 0 Å². The number of fused-ring (bicyclic) bond motifs is 1. The lowest BCUT2D eigenvalue weighted by Crippen LogP contribution is -2.33. The maximum absolute atomic E-state index is 11.2. The number of carboxylic acid groups (broad SMARTS) is 1. The Balaban J connectivity index is 2.64. The molecule has 2 aromatic rings. The van der Waals surface area contributed by atoms with Gasteiger partial charge in [-0.1, -0.05) is 30.3 Å². The predicted molar refractivity (Wildman–Crippen MR) is 71.1 cm³/mol. The van der Waals surface area contributed by atoms with Gasteiger partial charge in [0.1, 0.15) is 6.10 Å². The Morgan fingerprint density at radius 1 is 1.00 bits per heavy atom. The van der Waals surface area contributed by atoms with Gasteiger partial charge in [0.05, 0.1) is 5.56 Å². The van der Waals surface area contributed by atoms with Crippen LogP contribution in [0.2, 0.25) is 0 Å². The van der Waals surface area contributed by atoms with Crippen LogP contribution < -0.4 is 5.73 Å². The number of carboxylic acids is 1. The number of benzene rings is 2. The van der Waals surface area contributed by atoms with E-state index in [0.29, 0.717) is 10.8 Å². The third-order valence-electron chi connectivity index (χ3n) is 3.10. The molecule has 0 aliphatic heterocycles. The minimum Gasteiger partial charge on any atom is -0.478 e. The number of rotatable bonds is 4. The zero-order valence-electron chi connectivity index (χ0n) is 10.4. The van der Waals surface area contributed by atoms with Crippen LogP contribution in [-0.4, -0.2) is 33.3 Å². The molecule has 0 radical (unpaired) electrons. The first-order valence-corrected chi connectivity index (χ1v) is 5.84. The zero-order chi connectivity index (χ0) is 14.9. The number of hydrogen-bond donors (Lipinski definition) is 4. The highest BCUT2D eigenvalue weighted by Gasteiger charge is 2.25. The van der Waals surface area contributed by atoms with Gasteiger partial charge in [0.2, 0.25) is 5.91 Å². The summed E-state index contributed by atoms with van der Waals surface area (Å²) in [5, 5.41) is 29.5. The quantitative estimate of drug-likeness (QED) is 0.644. The highest BCUT2D eigenvalue weighted by Crippen LogP contribution is 2.28. The van der Waals surface area contributed by atoms with Crippen molar-refractivity contribution in [2.75, 3.05) is 0 Å². The third kappa shape index (κ3) is 2.34. The third-order valence-corrected chi connectivity index (χ3v) is 3.10. The zero-order valence-corrected chi connectivity index (χ0v) is 10.4. The molecular formula is C14H13NO5. The van der Waals surface area contributed by atoms with Crippen LogP contribution in [0, 0.1) is 0 Å². The van der Waals surface area contributed by atoms with E-state index in [-0.39, 0.29) is 11.1 Å². The minimum atomic E-state index is -1.76. The predicted octanol–water partition coefficient (Wildman–Crippen LogP) is 0.418. The van der Waals surface area contributed by atoms with Crippen LogP contribution in [0.3, 0.4) is 0 Å². The molecule has 2 rings (SSSR count). The molecule has 2 aromatic carbocycles. The van der Waals surface area contributed by atoms with Crippen LogP contribution in [0.1, 0.15) is 22.0 Å². The number of nitrogens with two attached hydrogens (primary N) is 1. The molecule has 0 aliphatic carbocycles. The molecule has 0 bridgehead atoms. The number of aromatic carboxylic acids is 1. The lowest BCUT2D eigenvalue weighted by atomic mass is 9.95. The fraction of sp³-hybridized carbons (Fsp3) is 0.143. The topological polar surface area (TPSA) is 121 Å². The van der Waals surface area contributed by atoms with Crippen molar-refractivity contribution in [2.45, 2.75) is 12.2 Å². The van der Waals surface area contributed by atoms with Crippen LogP contribution >= 0.6 is 0 Å². The normalized spacial score (nSPS) is 13.9. The van der Waals surface area contributed by atoms with Crippen molar-refractivity contribution in [1.29, 1.82) is 0 Å². The van der Waals surface area contributed by atoms with Crippen molar-refractivity contribution in [1.82, 2.24) is 0 Å². The van der Waals surface area contributed by atoms with E-state index in [1.54, 1.807) is 18.2 Å². The van der Waals surface area contributed by atoms with Gasteiger partial charge in [-0.05, 0) is 22.4 Å². The number of aliphatic hydroxyl groups excluding tert-OH is 2. The van der Waals surface area contributed by atoms with E-state index >= 15 is 0 Å². The molecule has 104 valence electrons. The number of hydrogen-bond acceptors (Lipinski definition) is 4. The van der Waals surface area contributed by atoms with Gasteiger partial charge in [-0.2, -0.15) is 0 Å². The van der Waals surface area contributed by atoms with Gasteiger partial charge in [0.25, 0.3) is 0 Å². The Bertz CT molecular complexity index is 682. The van der Waals surface area contributed by atoms with Crippen molar-refractivity contribution < 1.29 is 24.9 Å². The van der Waals surface area contributed by atoms with Gasteiger partial charge in [-0.25, -0.2) is 4.79 Å². The summed E-state index contributed by atoms with van der Waals surface area (Å²) in [6.07, 6.45) is -3.27. The highest BCUT2D eigenvalue weighted by molar-refractivity contribution is 6.04. The van der Waals surface area contributed by atoms with Crippen molar-refractivity contribution >= 4 is 22.6 Å². The minimum absolute atomic E-state index is 0.0742. The summed E-state index contributed by atoms with van der Waals surface area (Å²) < 4.78 is 0. The fourth-order valence-corrected chi connectivity index (χ4v) is 2.10. The van der Waals surface area contributed by atoms with Gasteiger partial charge in [0.15, 0.2) is 6.10 Å². The van der Waals surface area contributed by atoms with E-state index < -0.39 is 24.1 Å². The highest BCUT2D eigenvalue weighted by atomic mass is 16.4. The average Bonchev–Trinajstić information content (AvgIpc) is 2.44. The van der Waals surface area contributed by atoms with Crippen LogP contribution in [0.15, 0.2) is 36.4 Å². The van der Waals surface area contributed by atoms with Crippen LogP contribution in [0.4, 0.5) is 0 Å². The molecule has 2 unspecified atom stereocenters. The molecule has 0 saturated heterocycles. The molecule has 6 nitrogen and oxygen atoms in total. The fourth-order valence-electron chi connectivity index (χ4n) is 2.10. The van der Waals surface area contributed by atoms with Crippen molar-refractivity contribution in [3.05, 3.63) is 47.5 Å². The molecule has 0 spiro atoms. The van der Waals surface area contributed by atoms with Crippen LogP contribution in [0.5, 0.6) is 0 Å². The lowest BCUT2D eigenvalue weighted by Gasteiger charge is -2.17. The molecule has 0 heterocycles. The first-order valence-electron chi connectivity index (χ1n) is 5.84. The first-order chi connectivity index (χ1) is 9.43. The summed E-state index contributed by atoms with van der Waals surface area (Å²) in [5.41, 5.74) is 5.27. The molecule has 0 aromatic heterocycles. The maximum Gasteiger partial charge on any atom is 0.336 e. The Kier molecular flexibility index (Phi) is 3.69. The van der Waals surface area contributed by atoms with Crippen molar-refractivity contribution in [3.63, 3.8) is 0 Å². The van der Waals surface area contributed by atoms with E-state index in [9.17, 15) is 19.8 Å². The van der Waals surface area contributed by atoms with Crippen LogP contribution in [0.25, 0.3) is 10.8 Å². The molecule has 20 heavy (non-hydrogen) atoms. The summed E-state index contributed by atoms with van der Waals surface area (Å²) >= 11 is 0. The maximum atomic E-state index is 11.2. The van der Waals surface area contributed by atoms with E-state index in [1.807, 2.05) is 0 Å². The first kappa shape index (κ1) is 14.0. The van der Waals surface area contributed by atoms with Crippen molar-refractivity contribution in [3.8, 4) is 0 Å². The second kappa shape index (κ2) is 5.28. The van der Waals surface area contributed by atoms with Crippen molar-refractivity contribution in [2.24, 2.45) is 5.73 Å². The van der Waals surface area contributed by atoms with Gasteiger partial charge < -0.3 is 21.1 Å². The van der Waals surface area contributed by atoms with E-state index in [0.717, 1.165) is 0 Å². The molecule has 0 aliphatic rings. The molecule has 6 heteroatoms. The standard InChI is InChI=1S/C14H13NO5/c15-13(18)12(17)11(16)9-5-1-4-8-7(9)3-2-6-10(8)14(19)20/h1-6,11-12,16-17H,(H2,15,18)(H,19,20). The Morgan fingerprint density at radius 2 is 1.60 bits per heavy atom. The molecule has 0 fully saturated rings. The summed E-state index contributed by atoms with van der Waals surface area (Å²) in [5.74, 6) is -2.15. The SMILES string of the molecule is NC(=O)C(O)C(O)c1cccc2c(C(=O)O)cccc12. The van der Waals surface area contributed by atoms with E-state index in [2.05, 4.69) is 0 Å². The summed E-state index contributed by atoms with van der Waals surface area (Å²) in [6, 6.07) is 9.20. The van der Waals surface area contributed by atoms with Gasteiger partial charge >= 0.3 is 5.97 Å². The Labute approximate surface area is 114 Å². The molecule has 2 atom stereocenters. The Morgan fingerprint density at radius 3 is 2.20 bits per heavy atom. The summed E-state index contributed by atoms with van der Waals surface area (Å²) in [7, 11) is 0. The average molecular weight is 275 g/mol. The smallest absolute Gasteiger partial charge is 0.336 e.